The number of allylic oxidation sites excluding steroid dienone is 12. The van der Waals surface area contributed by atoms with E-state index in [1.54, 1.807) is 0 Å². The Bertz CT molecular complexity index is 787. The summed E-state index contributed by atoms with van der Waals surface area (Å²) in [5.74, 6) is -0.391. The summed E-state index contributed by atoms with van der Waals surface area (Å²) in [6.45, 7) is 1.89. The molecule has 1 unspecified atom stereocenters. The van der Waals surface area contributed by atoms with Crippen LogP contribution in [0.4, 0.5) is 0 Å². The highest BCUT2D eigenvalue weighted by Gasteiger charge is 2.30. The van der Waals surface area contributed by atoms with Crippen LogP contribution in [-0.2, 0) is 28.3 Å². The van der Waals surface area contributed by atoms with Crippen molar-refractivity contribution < 1.29 is 26.3 Å². The van der Waals surface area contributed by atoms with Crippen molar-refractivity contribution in [1.82, 2.24) is 0 Å². The Kier molecular flexibility index (Phi) is 16.0. The first-order valence-electron chi connectivity index (χ1n) is 11.2. The summed E-state index contributed by atoms with van der Waals surface area (Å²) in [6, 6.07) is 0. The summed E-state index contributed by atoms with van der Waals surface area (Å²) in [5, 5.41) is 0. The molecule has 1 heterocycles. The molecule has 6 nitrogen and oxygen atoms in total. The van der Waals surface area contributed by atoms with Crippen molar-refractivity contribution in [1.29, 1.82) is 0 Å². The highest BCUT2D eigenvalue weighted by molar-refractivity contribution is 7.82. The largest absolute Gasteiger partial charge is 0.463 e. The summed E-state index contributed by atoms with van der Waals surface area (Å²) in [5.41, 5.74) is 0. The summed E-state index contributed by atoms with van der Waals surface area (Å²) in [7, 11) is -3.91. The standard InChI is InChI=1S/C25H36O6S/c1-2-3-4-5-6-7-8-9-10-11-12-13-14-15-16-17-18-19-20-21-25(26)29-22-24-23-30-32(27,28)31-24/h3-4,6-7,9-10,12-13,15-16,18-19,24H,2,5,8,11,14,17,20-23H2,1H3/b4-3-,7-6-,10-9-,13-12-,16-15-,19-18-. The summed E-state index contributed by atoms with van der Waals surface area (Å²) in [4.78, 5) is 11.6. The molecule has 1 aliphatic rings. The lowest BCUT2D eigenvalue weighted by molar-refractivity contribution is -0.145. The van der Waals surface area contributed by atoms with Gasteiger partial charge in [-0.3, -0.25) is 4.79 Å². The molecule has 0 radical (unpaired) electrons. The fraction of sp³-hybridized carbons (Fsp3) is 0.480. The molecule has 0 saturated carbocycles. The molecule has 7 heteroatoms. The second-order valence-electron chi connectivity index (χ2n) is 7.05. The van der Waals surface area contributed by atoms with Gasteiger partial charge in [0.2, 0.25) is 0 Å². The molecule has 0 aromatic rings. The molecule has 0 N–H and O–H groups in total. The Morgan fingerprint density at radius 1 is 0.812 bits per heavy atom. The maximum Gasteiger partial charge on any atom is 0.400 e. The predicted molar refractivity (Wildman–Crippen MR) is 128 cm³/mol. The predicted octanol–water partition coefficient (Wildman–Crippen LogP) is 5.67. The van der Waals surface area contributed by atoms with Gasteiger partial charge in [0.1, 0.15) is 12.7 Å². The number of rotatable bonds is 16. The van der Waals surface area contributed by atoms with E-state index in [-0.39, 0.29) is 19.6 Å². The van der Waals surface area contributed by atoms with Crippen LogP contribution in [0.3, 0.4) is 0 Å². The molecule has 0 amide bonds. The molecular weight excluding hydrogens is 428 g/mol. The van der Waals surface area contributed by atoms with Crippen LogP contribution in [0.25, 0.3) is 0 Å². The number of esters is 1. The number of carbonyl (C=O) groups excluding carboxylic acids is 1. The van der Waals surface area contributed by atoms with E-state index in [9.17, 15) is 13.2 Å². The lowest BCUT2D eigenvalue weighted by Crippen LogP contribution is -2.20. The lowest BCUT2D eigenvalue weighted by Gasteiger charge is -2.06. The molecule has 1 fully saturated rings. The SMILES string of the molecule is CC/C=C\C/C=C\C/C=C\C/C=C\C/C=C\C/C=C\CCC(=O)OCC1COS(=O)(=O)O1. The summed E-state index contributed by atoms with van der Waals surface area (Å²) < 4.78 is 35.9. The van der Waals surface area contributed by atoms with Crippen molar-refractivity contribution in [3.8, 4) is 0 Å². The van der Waals surface area contributed by atoms with Gasteiger partial charge in [0.25, 0.3) is 0 Å². The highest BCUT2D eigenvalue weighted by Crippen LogP contribution is 2.13. The quantitative estimate of drug-likeness (QED) is 0.216. The third-order valence-electron chi connectivity index (χ3n) is 4.19. The van der Waals surface area contributed by atoms with Crippen molar-refractivity contribution in [2.24, 2.45) is 0 Å². The van der Waals surface area contributed by atoms with Gasteiger partial charge in [-0.2, -0.15) is 8.42 Å². The molecule has 1 saturated heterocycles. The van der Waals surface area contributed by atoms with Crippen LogP contribution >= 0.6 is 0 Å². The zero-order valence-electron chi connectivity index (χ0n) is 18.9. The number of hydrogen-bond acceptors (Lipinski definition) is 6. The van der Waals surface area contributed by atoms with Gasteiger partial charge in [0.15, 0.2) is 0 Å². The Morgan fingerprint density at radius 3 is 1.72 bits per heavy atom. The van der Waals surface area contributed by atoms with Crippen LogP contribution in [0.15, 0.2) is 72.9 Å². The van der Waals surface area contributed by atoms with Gasteiger partial charge < -0.3 is 4.74 Å². The molecule has 1 rings (SSSR count). The second-order valence-corrected chi connectivity index (χ2v) is 8.29. The molecule has 0 spiro atoms. The van der Waals surface area contributed by atoms with Crippen molar-refractivity contribution in [2.45, 2.75) is 64.4 Å². The third-order valence-corrected chi connectivity index (χ3v) is 5.13. The molecule has 0 aliphatic carbocycles. The second kappa shape index (κ2) is 18.4. The fourth-order valence-electron chi connectivity index (χ4n) is 2.56. The van der Waals surface area contributed by atoms with Crippen LogP contribution in [-0.4, -0.2) is 33.7 Å². The molecule has 1 aliphatic heterocycles. The van der Waals surface area contributed by atoms with Gasteiger partial charge in [0, 0.05) is 6.42 Å². The summed E-state index contributed by atoms with van der Waals surface area (Å²) in [6.07, 6.45) is 31.4. The van der Waals surface area contributed by atoms with Crippen molar-refractivity contribution in [3.05, 3.63) is 72.9 Å². The van der Waals surface area contributed by atoms with E-state index in [1.165, 1.54) is 0 Å². The molecule has 1 atom stereocenters. The number of hydrogen-bond donors (Lipinski definition) is 0. The Balaban J connectivity index is 1.96. The van der Waals surface area contributed by atoms with Crippen molar-refractivity contribution >= 4 is 16.4 Å². The average Bonchev–Trinajstić information content (AvgIpc) is 3.12. The normalized spacial score (nSPS) is 19.1. The number of ether oxygens (including phenoxy) is 1. The van der Waals surface area contributed by atoms with E-state index >= 15 is 0 Å². The zero-order valence-corrected chi connectivity index (χ0v) is 19.8. The first-order chi connectivity index (χ1) is 15.5. The lowest BCUT2D eigenvalue weighted by atomic mass is 10.2. The van der Waals surface area contributed by atoms with E-state index in [0.29, 0.717) is 6.42 Å². The Labute approximate surface area is 193 Å². The van der Waals surface area contributed by atoms with Crippen molar-refractivity contribution in [2.75, 3.05) is 13.2 Å². The van der Waals surface area contributed by atoms with Crippen LogP contribution in [0.5, 0.6) is 0 Å². The van der Waals surface area contributed by atoms with Gasteiger partial charge in [-0.05, 0) is 44.9 Å². The monoisotopic (exact) mass is 464 g/mol. The zero-order chi connectivity index (χ0) is 23.3. The van der Waals surface area contributed by atoms with Crippen LogP contribution < -0.4 is 0 Å². The van der Waals surface area contributed by atoms with E-state index in [2.05, 4.69) is 76.1 Å². The van der Waals surface area contributed by atoms with Crippen LogP contribution in [0.1, 0.15) is 58.3 Å². The molecule has 178 valence electrons. The smallest absolute Gasteiger partial charge is 0.400 e. The van der Waals surface area contributed by atoms with E-state index in [4.69, 9.17) is 4.74 Å². The average molecular weight is 465 g/mol. The van der Waals surface area contributed by atoms with Gasteiger partial charge in [-0.1, -0.05) is 79.8 Å². The topological polar surface area (TPSA) is 78.9 Å². The Morgan fingerprint density at radius 2 is 1.28 bits per heavy atom. The summed E-state index contributed by atoms with van der Waals surface area (Å²) >= 11 is 0. The maximum atomic E-state index is 11.6. The van der Waals surface area contributed by atoms with Gasteiger partial charge in [0.05, 0.1) is 6.61 Å². The minimum absolute atomic E-state index is 0.122. The maximum absolute atomic E-state index is 11.6. The van der Waals surface area contributed by atoms with E-state index < -0.39 is 22.5 Å². The Hall–Kier alpha value is -2.22. The third kappa shape index (κ3) is 16.5. The van der Waals surface area contributed by atoms with Crippen LogP contribution in [0, 0.1) is 0 Å². The van der Waals surface area contributed by atoms with E-state index in [1.807, 2.05) is 12.2 Å². The first-order valence-corrected chi connectivity index (χ1v) is 12.5. The van der Waals surface area contributed by atoms with Gasteiger partial charge in [-0.15, -0.1) is 0 Å². The molecule has 32 heavy (non-hydrogen) atoms. The van der Waals surface area contributed by atoms with Crippen LogP contribution in [0.2, 0.25) is 0 Å². The molecular formula is C25H36O6S. The fourth-order valence-corrected chi connectivity index (χ4v) is 3.37. The van der Waals surface area contributed by atoms with E-state index in [0.717, 1.165) is 38.5 Å². The highest BCUT2D eigenvalue weighted by atomic mass is 32.3. The van der Waals surface area contributed by atoms with Gasteiger partial charge in [-0.25, -0.2) is 8.37 Å². The van der Waals surface area contributed by atoms with Crippen molar-refractivity contribution in [3.63, 3.8) is 0 Å². The molecule has 0 aromatic heterocycles. The minimum Gasteiger partial charge on any atom is -0.463 e. The number of carbonyl (C=O) groups is 1. The molecule has 0 aromatic carbocycles. The van der Waals surface area contributed by atoms with Gasteiger partial charge >= 0.3 is 16.4 Å². The first kappa shape index (κ1) is 27.8. The molecule has 0 bridgehead atoms. The minimum atomic E-state index is -3.91.